The molecule has 0 saturated carbocycles. The van der Waals surface area contributed by atoms with Crippen LogP contribution in [0.1, 0.15) is 76.2 Å². The van der Waals surface area contributed by atoms with E-state index in [1.807, 2.05) is 0 Å². The van der Waals surface area contributed by atoms with E-state index in [-0.39, 0.29) is 33.4 Å². The highest BCUT2D eigenvalue weighted by Gasteiger charge is 2.55. The second-order valence-corrected chi connectivity index (χ2v) is 12.1. The van der Waals surface area contributed by atoms with Crippen molar-refractivity contribution in [2.45, 2.75) is 92.8 Å². The van der Waals surface area contributed by atoms with Gasteiger partial charge < -0.3 is 0 Å². The molecule has 35 heavy (non-hydrogen) atoms. The van der Waals surface area contributed by atoms with Gasteiger partial charge in [0.05, 0.1) is 22.3 Å². The van der Waals surface area contributed by atoms with Crippen LogP contribution in [0.15, 0.2) is 33.4 Å². The predicted octanol–water partition coefficient (Wildman–Crippen LogP) is 2.42. The maximum absolute atomic E-state index is 13.7. The number of carbonyl (C=O) groups excluding carboxylic acids is 6. The van der Waals surface area contributed by atoms with Crippen molar-refractivity contribution in [1.29, 1.82) is 0 Å². The van der Waals surface area contributed by atoms with Crippen molar-refractivity contribution >= 4 is 35.4 Å². The summed E-state index contributed by atoms with van der Waals surface area (Å²) in [5.41, 5.74) is -3.77. The molecule has 0 aromatic rings. The lowest BCUT2D eigenvalue weighted by Gasteiger charge is -2.31. The third kappa shape index (κ3) is 3.68. The van der Waals surface area contributed by atoms with Gasteiger partial charge in [-0.15, -0.1) is 0 Å². The van der Waals surface area contributed by atoms with Crippen LogP contribution in [0.2, 0.25) is 0 Å². The fourth-order valence-corrected chi connectivity index (χ4v) is 4.69. The van der Waals surface area contributed by atoms with Crippen LogP contribution < -0.4 is 0 Å². The smallest absolute Gasteiger partial charge is 0.262 e. The molecule has 3 rings (SSSR count). The van der Waals surface area contributed by atoms with Crippen molar-refractivity contribution in [3.63, 3.8) is 0 Å². The summed E-state index contributed by atoms with van der Waals surface area (Å²) >= 11 is 0. The van der Waals surface area contributed by atoms with Gasteiger partial charge >= 0.3 is 0 Å². The Morgan fingerprint density at radius 2 is 0.571 bits per heavy atom. The summed E-state index contributed by atoms with van der Waals surface area (Å²) in [6.45, 7) is 17.9. The van der Waals surface area contributed by atoms with E-state index in [4.69, 9.17) is 0 Å². The Morgan fingerprint density at radius 3 is 0.771 bits per heavy atom. The van der Waals surface area contributed by atoms with Crippen molar-refractivity contribution in [3.8, 4) is 0 Å². The summed E-state index contributed by atoms with van der Waals surface area (Å²) < 4.78 is 0. The first-order valence-electron chi connectivity index (χ1n) is 11.5. The van der Waals surface area contributed by atoms with E-state index in [9.17, 15) is 28.8 Å². The Hall–Kier alpha value is -3.36. The van der Waals surface area contributed by atoms with E-state index in [1.165, 1.54) is 13.8 Å². The van der Waals surface area contributed by atoms with Gasteiger partial charge in [-0.3, -0.25) is 43.5 Å². The largest absolute Gasteiger partial charge is 0.269 e. The van der Waals surface area contributed by atoms with Gasteiger partial charge in [-0.1, -0.05) is 0 Å². The highest BCUT2D eigenvalue weighted by molar-refractivity contribution is 6.36. The fourth-order valence-electron chi connectivity index (χ4n) is 4.69. The predicted molar refractivity (Wildman–Crippen MR) is 127 cm³/mol. The minimum Gasteiger partial charge on any atom is -0.269 e. The standard InChI is InChI=1S/C26H33N3O6/c1-12-14(20(32)27(18(12)30)24(3,4)5)16-17(23(35)29(22(16)34)26(9,10)11)15-13(2)19(31)28(21(15)33)25(6,7)8/h1-11H3. The molecule has 3 heterocycles. The second-order valence-electron chi connectivity index (χ2n) is 12.1. The zero-order chi connectivity index (χ0) is 27.2. The fraction of sp³-hybridized carbons (Fsp3) is 0.538. The van der Waals surface area contributed by atoms with Crippen molar-refractivity contribution in [3.05, 3.63) is 33.4 Å². The molecule has 0 atom stereocenters. The van der Waals surface area contributed by atoms with Gasteiger partial charge in [0.1, 0.15) is 0 Å². The summed E-state index contributed by atoms with van der Waals surface area (Å²) in [7, 11) is 0. The van der Waals surface area contributed by atoms with Gasteiger partial charge in [-0.05, 0) is 76.2 Å². The lowest BCUT2D eigenvalue weighted by molar-refractivity contribution is -0.145. The van der Waals surface area contributed by atoms with Gasteiger partial charge in [0.15, 0.2) is 0 Å². The zero-order valence-electron chi connectivity index (χ0n) is 22.3. The molecule has 0 aliphatic carbocycles. The average Bonchev–Trinajstić information content (AvgIpc) is 3.12. The lowest BCUT2D eigenvalue weighted by Crippen LogP contribution is -2.48. The van der Waals surface area contributed by atoms with Gasteiger partial charge in [0.2, 0.25) is 0 Å². The molecule has 0 unspecified atom stereocenters. The van der Waals surface area contributed by atoms with Gasteiger partial charge in [-0.25, -0.2) is 0 Å². The molecule has 0 aromatic heterocycles. The first kappa shape index (κ1) is 26.2. The van der Waals surface area contributed by atoms with Crippen molar-refractivity contribution in [2.24, 2.45) is 0 Å². The van der Waals surface area contributed by atoms with Gasteiger partial charge in [-0.2, -0.15) is 0 Å². The molecule has 188 valence electrons. The normalized spacial score (nSPS) is 20.8. The van der Waals surface area contributed by atoms with Crippen LogP contribution in [-0.2, 0) is 28.8 Å². The van der Waals surface area contributed by atoms with Gasteiger partial charge in [0.25, 0.3) is 35.4 Å². The number of imide groups is 3. The molecule has 0 fully saturated rings. The number of hydrogen-bond acceptors (Lipinski definition) is 6. The third-order valence-electron chi connectivity index (χ3n) is 6.23. The summed E-state index contributed by atoms with van der Waals surface area (Å²) in [5.74, 6) is -4.14. The SMILES string of the molecule is CC1=C(C2=C(C3=C(C)C(=O)N(C(C)(C)C)C3=O)C(=O)N(C(C)(C)C)C2=O)C(=O)N(C(C)(C)C)C1=O. The summed E-state index contributed by atoms with van der Waals surface area (Å²) in [5, 5.41) is 0. The van der Waals surface area contributed by atoms with E-state index in [2.05, 4.69) is 0 Å². The molecular weight excluding hydrogens is 450 g/mol. The first-order valence-corrected chi connectivity index (χ1v) is 11.5. The number of hydrogen-bond donors (Lipinski definition) is 0. The Balaban J connectivity index is 2.39. The van der Waals surface area contributed by atoms with E-state index in [1.54, 1.807) is 62.3 Å². The highest BCUT2D eigenvalue weighted by atomic mass is 16.2. The topological polar surface area (TPSA) is 112 Å². The third-order valence-corrected chi connectivity index (χ3v) is 6.23. The van der Waals surface area contributed by atoms with Crippen LogP contribution in [0.4, 0.5) is 0 Å². The molecule has 0 bridgehead atoms. The molecule has 0 spiro atoms. The zero-order valence-corrected chi connectivity index (χ0v) is 22.3. The number of amides is 6. The van der Waals surface area contributed by atoms with Crippen LogP contribution in [0, 0.1) is 0 Å². The van der Waals surface area contributed by atoms with Crippen molar-refractivity contribution in [1.82, 2.24) is 14.7 Å². The Kier molecular flexibility index (Phi) is 5.68. The number of rotatable bonds is 2. The molecule has 0 saturated heterocycles. The molecular formula is C26H33N3O6. The minimum absolute atomic E-state index is 0.0111. The molecule has 6 amide bonds. The molecule has 0 aromatic carbocycles. The number of carbonyl (C=O) groups is 6. The van der Waals surface area contributed by atoms with Gasteiger partial charge in [0, 0.05) is 27.8 Å². The van der Waals surface area contributed by atoms with Crippen molar-refractivity contribution in [2.75, 3.05) is 0 Å². The maximum Gasteiger partial charge on any atom is 0.262 e. The lowest BCUT2D eigenvalue weighted by atomic mass is 9.92. The highest BCUT2D eigenvalue weighted by Crippen LogP contribution is 2.43. The van der Waals surface area contributed by atoms with Crippen molar-refractivity contribution < 1.29 is 28.8 Å². The summed E-state index contributed by atoms with van der Waals surface area (Å²) in [6, 6.07) is 0. The second kappa shape index (κ2) is 7.57. The van der Waals surface area contributed by atoms with Crippen LogP contribution >= 0.6 is 0 Å². The summed E-state index contributed by atoms with van der Waals surface area (Å²) in [4.78, 5) is 83.7. The van der Waals surface area contributed by atoms with E-state index >= 15 is 0 Å². The van der Waals surface area contributed by atoms with E-state index in [0.29, 0.717) is 0 Å². The van der Waals surface area contributed by atoms with Crippen LogP contribution in [0.5, 0.6) is 0 Å². The summed E-state index contributed by atoms with van der Waals surface area (Å²) in [6.07, 6.45) is 0. The molecule has 0 radical (unpaired) electrons. The van der Waals surface area contributed by atoms with Crippen LogP contribution in [0.3, 0.4) is 0 Å². The Labute approximate surface area is 205 Å². The van der Waals surface area contributed by atoms with E-state index < -0.39 is 52.1 Å². The Bertz CT molecular complexity index is 1140. The molecule has 3 aliphatic rings. The quantitative estimate of drug-likeness (QED) is 0.558. The average molecular weight is 484 g/mol. The number of nitrogens with zero attached hydrogens (tertiary/aromatic N) is 3. The molecule has 9 nitrogen and oxygen atoms in total. The van der Waals surface area contributed by atoms with Crippen LogP contribution in [-0.4, -0.2) is 66.8 Å². The maximum atomic E-state index is 13.7. The molecule has 0 N–H and O–H groups in total. The molecule has 3 aliphatic heterocycles. The first-order chi connectivity index (χ1) is 15.7. The van der Waals surface area contributed by atoms with E-state index in [0.717, 1.165) is 14.7 Å². The monoisotopic (exact) mass is 483 g/mol. The Morgan fingerprint density at radius 1 is 0.371 bits per heavy atom. The van der Waals surface area contributed by atoms with Crippen LogP contribution in [0.25, 0.3) is 0 Å². The molecule has 9 heteroatoms. The minimum atomic E-state index is -0.991.